The van der Waals surface area contributed by atoms with E-state index in [1.54, 1.807) is 18.5 Å². The fourth-order valence-corrected chi connectivity index (χ4v) is 3.08. The fourth-order valence-electron chi connectivity index (χ4n) is 2.82. The molecule has 1 unspecified atom stereocenters. The molecule has 26 heavy (non-hydrogen) atoms. The third-order valence-corrected chi connectivity index (χ3v) is 4.56. The van der Waals surface area contributed by atoms with E-state index >= 15 is 0 Å². The zero-order valence-corrected chi connectivity index (χ0v) is 16.0. The number of carbonyl (C=O) groups excluding carboxylic acids is 1. The van der Waals surface area contributed by atoms with E-state index in [4.69, 9.17) is 11.6 Å². The molecule has 1 amide bonds. The minimum Gasteiger partial charge on any atom is -0.354 e. The summed E-state index contributed by atoms with van der Waals surface area (Å²) in [4.78, 5) is 22.6. The minimum absolute atomic E-state index is 0.0161. The average Bonchev–Trinajstić information content (AvgIpc) is 2.67. The van der Waals surface area contributed by atoms with Gasteiger partial charge in [-0.3, -0.25) is 9.69 Å². The quantitative estimate of drug-likeness (QED) is 0.667. The summed E-state index contributed by atoms with van der Waals surface area (Å²) in [6.07, 6.45) is 3.67. The Morgan fingerprint density at radius 3 is 2.50 bits per heavy atom. The standard InChI is InChI=1S/C19H26ClN5O/c1-3-25(4-2)17(15-8-5-6-9-16(15)20)14-24-18(26)10-13-23-19-21-11-7-12-22-19/h5-9,11-12,17H,3-4,10,13-14H2,1-2H3,(H,24,26)(H,21,22,23). The molecule has 0 spiro atoms. The molecule has 2 N–H and O–H groups in total. The van der Waals surface area contributed by atoms with Crippen molar-refractivity contribution in [3.05, 3.63) is 53.3 Å². The Morgan fingerprint density at radius 1 is 1.15 bits per heavy atom. The summed E-state index contributed by atoms with van der Waals surface area (Å²) >= 11 is 6.38. The number of hydrogen-bond donors (Lipinski definition) is 2. The van der Waals surface area contributed by atoms with Gasteiger partial charge in [0.1, 0.15) is 0 Å². The Hall–Kier alpha value is -2.18. The smallest absolute Gasteiger partial charge is 0.222 e. The fraction of sp³-hybridized carbons (Fsp3) is 0.421. The van der Waals surface area contributed by atoms with Crippen LogP contribution in [0.15, 0.2) is 42.7 Å². The van der Waals surface area contributed by atoms with Crippen molar-refractivity contribution >= 4 is 23.5 Å². The van der Waals surface area contributed by atoms with Crippen LogP contribution in [0.5, 0.6) is 0 Å². The third kappa shape index (κ3) is 5.97. The van der Waals surface area contributed by atoms with Gasteiger partial charge in [0.15, 0.2) is 0 Å². The van der Waals surface area contributed by atoms with Crippen molar-refractivity contribution in [1.29, 1.82) is 0 Å². The lowest BCUT2D eigenvalue weighted by atomic mass is 10.0. The third-order valence-electron chi connectivity index (χ3n) is 4.21. The number of carbonyl (C=O) groups is 1. The van der Waals surface area contributed by atoms with Crippen LogP contribution in [0.4, 0.5) is 5.95 Å². The van der Waals surface area contributed by atoms with E-state index in [1.807, 2.05) is 24.3 Å². The molecule has 0 aliphatic carbocycles. The Bertz CT molecular complexity index is 679. The van der Waals surface area contributed by atoms with Gasteiger partial charge in [-0.25, -0.2) is 9.97 Å². The monoisotopic (exact) mass is 375 g/mol. The van der Waals surface area contributed by atoms with Crippen molar-refractivity contribution in [1.82, 2.24) is 20.2 Å². The molecular weight excluding hydrogens is 350 g/mol. The number of nitrogens with one attached hydrogen (secondary N) is 2. The summed E-state index contributed by atoms with van der Waals surface area (Å²) in [5, 5.41) is 6.78. The molecule has 0 bridgehead atoms. The van der Waals surface area contributed by atoms with Gasteiger partial charge in [0.25, 0.3) is 0 Å². The van der Waals surface area contributed by atoms with Crippen molar-refractivity contribution in [2.24, 2.45) is 0 Å². The number of rotatable bonds is 10. The number of hydrogen-bond acceptors (Lipinski definition) is 5. The number of likely N-dealkylation sites (N-methyl/N-ethyl adjacent to an activating group) is 1. The normalized spacial score (nSPS) is 12.0. The first-order valence-corrected chi connectivity index (χ1v) is 9.29. The first-order chi connectivity index (χ1) is 12.7. The number of aromatic nitrogens is 2. The SMILES string of the molecule is CCN(CC)C(CNC(=O)CCNc1ncccn1)c1ccccc1Cl. The van der Waals surface area contributed by atoms with Gasteiger partial charge in [-0.1, -0.05) is 43.6 Å². The molecule has 6 nitrogen and oxygen atoms in total. The number of amides is 1. The molecule has 1 atom stereocenters. The molecule has 140 valence electrons. The molecule has 1 aromatic heterocycles. The zero-order chi connectivity index (χ0) is 18.8. The summed E-state index contributed by atoms with van der Waals surface area (Å²) < 4.78 is 0. The van der Waals surface area contributed by atoms with E-state index in [2.05, 4.69) is 39.3 Å². The molecule has 7 heteroatoms. The van der Waals surface area contributed by atoms with Gasteiger partial charge in [0, 0.05) is 36.9 Å². The van der Waals surface area contributed by atoms with Crippen LogP contribution in [0.25, 0.3) is 0 Å². The van der Waals surface area contributed by atoms with E-state index in [0.29, 0.717) is 25.5 Å². The Balaban J connectivity index is 1.89. The van der Waals surface area contributed by atoms with Gasteiger partial charge in [-0.05, 0) is 30.8 Å². The van der Waals surface area contributed by atoms with Crippen LogP contribution in [0, 0.1) is 0 Å². The highest BCUT2D eigenvalue weighted by Gasteiger charge is 2.20. The van der Waals surface area contributed by atoms with Crippen molar-refractivity contribution < 1.29 is 4.79 Å². The molecule has 0 saturated carbocycles. The van der Waals surface area contributed by atoms with Crippen molar-refractivity contribution in [3.63, 3.8) is 0 Å². The highest BCUT2D eigenvalue weighted by Crippen LogP contribution is 2.26. The van der Waals surface area contributed by atoms with Gasteiger partial charge >= 0.3 is 0 Å². The predicted molar refractivity (Wildman–Crippen MR) is 105 cm³/mol. The van der Waals surface area contributed by atoms with E-state index in [-0.39, 0.29) is 11.9 Å². The Labute approximate surface area is 160 Å². The zero-order valence-electron chi connectivity index (χ0n) is 15.3. The molecule has 0 aliphatic heterocycles. The summed E-state index contributed by atoms with van der Waals surface area (Å²) in [6.45, 7) is 6.99. The van der Waals surface area contributed by atoms with E-state index in [0.717, 1.165) is 23.7 Å². The van der Waals surface area contributed by atoms with Gasteiger partial charge in [-0.15, -0.1) is 0 Å². The first-order valence-electron chi connectivity index (χ1n) is 8.91. The minimum atomic E-state index is -0.0161. The maximum atomic E-state index is 12.2. The van der Waals surface area contributed by atoms with Crippen LogP contribution in [-0.4, -0.2) is 47.0 Å². The number of nitrogens with zero attached hydrogens (tertiary/aromatic N) is 3. The van der Waals surface area contributed by atoms with Crippen LogP contribution < -0.4 is 10.6 Å². The number of anilines is 1. The Morgan fingerprint density at radius 2 is 1.85 bits per heavy atom. The molecular formula is C19H26ClN5O. The summed E-state index contributed by atoms with van der Waals surface area (Å²) in [5.41, 5.74) is 1.04. The lowest BCUT2D eigenvalue weighted by Gasteiger charge is -2.31. The van der Waals surface area contributed by atoms with Gasteiger partial charge in [-0.2, -0.15) is 0 Å². The summed E-state index contributed by atoms with van der Waals surface area (Å²) in [6, 6.07) is 9.60. The van der Waals surface area contributed by atoms with E-state index < -0.39 is 0 Å². The first kappa shape index (κ1) is 20.1. The topological polar surface area (TPSA) is 70.2 Å². The number of benzene rings is 1. The van der Waals surface area contributed by atoms with E-state index in [1.165, 1.54) is 0 Å². The van der Waals surface area contributed by atoms with Crippen LogP contribution in [0.3, 0.4) is 0 Å². The maximum Gasteiger partial charge on any atom is 0.222 e. The highest BCUT2D eigenvalue weighted by molar-refractivity contribution is 6.31. The van der Waals surface area contributed by atoms with Crippen LogP contribution in [0.2, 0.25) is 5.02 Å². The maximum absolute atomic E-state index is 12.2. The summed E-state index contributed by atoms with van der Waals surface area (Å²) in [5.74, 6) is 0.509. The lowest BCUT2D eigenvalue weighted by molar-refractivity contribution is -0.121. The molecule has 1 heterocycles. The molecule has 0 aliphatic rings. The van der Waals surface area contributed by atoms with Gasteiger partial charge < -0.3 is 10.6 Å². The lowest BCUT2D eigenvalue weighted by Crippen LogP contribution is -2.38. The second-order valence-corrected chi connectivity index (χ2v) is 6.22. The molecule has 2 rings (SSSR count). The van der Waals surface area contributed by atoms with E-state index in [9.17, 15) is 4.79 Å². The highest BCUT2D eigenvalue weighted by atomic mass is 35.5. The molecule has 1 aromatic carbocycles. The van der Waals surface area contributed by atoms with Gasteiger partial charge in [0.05, 0.1) is 6.04 Å². The van der Waals surface area contributed by atoms with Crippen LogP contribution >= 0.6 is 11.6 Å². The Kier molecular flexibility index (Phi) is 8.31. The second-order valence-electron chi connectivity index (χ2n) is 5.81. The molecule has 0 fully saturated rings. The summed E-state index contributed by atoms with van der Waals surface area (Å²) in [7, 11) is 0. The number of halogens is 1. The van der Waals surface area contributed by atoms with Gasteiger partial charge in [0.2, 0.25) is 11.9 Å². The molecule has 0 radical (unpaired) electrons. The largest absolute Gasteiger partial charge is 0.354 e. The molecule has 2 aromatic rings. The second kappa shape index (κ2) is 10.7. The van der Waals surface area contributed by atoms with Crippen molar-refractivity contribution in [2.45, 2.75) is 26.3 Å². The average molecular weight is 376 g/mol. The molecule has 0 saturated heterocycles. The van der Waals surface area contributed by atoms with Crippen molar-refractivity contribution in [3.8, 4) is 0 Å². The van der Waals surface area contributed by atoms with Crippen LogP contribution in [0.1, 0.15) is 31.9 Å². The van der Waals surface area contributed by atoms with Crippen molar-refractivity contribution in [2.75, 3.05) is 31.5 Å². The predicted octanol–water partition coefficient (Wildman–Crippen LogP) is 3.13. The van der Waals surface area contributed by atoms with Crippen LogP contribution in [-0.2, 0) is 4.79 Å².